The van der Waals surface area contributed by atoms with Gasteiger partial charge in [-0.2, -0.15) is 5.26 Å². The van der Waals surface area contributed by atoms with Crippen molar-refractivity contribution in [2.75, 3.05) is 0 Å². The Morgan fingerprint density at radius 2 is 1.63 bits per heavy atom. The highest BCUT2D eigenvalue weighted by molar-refractivity contribution is 5.81. The highest BCUT2D eigenvalue weighted by atomic mass is 15.0. The van der Waals surface area contributed by atoms with Gasteiger partial charge in [0.15, 0.2) is 0 Å². The van der Waals surface area contributed by atoms with Crippen LogP contribution in [-0.4, -0.2) is 4.57 Å². The number of rotatable bonds is 5. The summed E-state index contributed by atoms with van der Waals surface area (Å²) < 4.78 is 2.43. The fourth-order valence-electron chi connectivity index (χ4n) is 3.72. The van der Waals surface area contributed by atoms with Crippen molar-refractivity contribution >= 4 is 10.9 Å². The van der Waals surface area contributed by atoms with Gasteiger partial charge in [-0.05, 0) is 46.7 Å². The number of para-hydroxylation sites is 1. The number of nitrogens with zero attached hydrogens (tertiary/aromatic N) is 2. The third kappa shape index (κ3) is 3.37. The highest BCUT2D eigenvalue weighted by Gasteiger charge is 2.09. The van der Waals surface area contributed by atoms with Crippen molar-refractivity contribution in [3.63, 3.8) is 0 Å². The molecule has 0 radical (unpaired) electrons. The van der Waals surface area contributed by atoms with Crippen molar-refractivity contribution in [1.29, 1.82) is 5.26 Å². The van der Waals surface area contributed by atoms with Crippen LogP contribution >= 0.6 is 0 Å². The van der Waals surface area contributed by atoms with Gasteiger partial charge in [0.1, 0.15) is 0 Å². The van der Waals surface area contributed by atoms with E-state index in [4.69, 9.17) is 0 Å². The van der Waals surface area contributed by atoms with Crippen LogP contribution in [0, 0.1) is 11.3 Å². The van der Waals surface area contributed by atoms with Crippen LogP contribution in [0.4, 0.5) is 0 Å². The number of nitriles is 1. The van der Waals surface area contributed by atoms with E-state index in [1.165, 1.54) is 22.2 Å². The zero-order chi connectivity index (χ0) is 18.6. The van der Waals surface area contributed by atoms with Crippen LogP contribution in [0.2, 0.25) is 0 Å². The summed E-state index contributed by atoms with van der Waals surface area (Å²) in [5, 5.41) is 10.6. The Morgan fingerprint density at radius 3 is 2.41 bits per heavy atom. The van der Waals surface area contributed by atoms with Gasteiger partial charge >= 0.3 is 0 Å². The van der Waals surface area contributed by atoms with Crippen LogP contribution in [-0.2, 0) is 13.0 Å². The lowest BCUT2D eigenvalue weighted by Gasteiger charge is -2.12. The molecule has 0 amide bonds. The maximum Gasteiger partial charge on any atom is 0.0998 e. The molecule has 0 saturated heterocycles. The van der Waals surface area contributed by atoms with Gasteiger partial charge in [-0.1, -0.05) is 74.0 Å². The van der Waals surface area contributed by atoms with Crippen LogP contribution in [0.25, 0.3) is 22.0 Å². The maximum absolute atomic E-state index is 9.33. The summed E-state index contributed by atoms with van der Waals surface area (Å²) in [5.41, 5.74) is 6.74. The van der Waals surface area contributed by atoms with E-state index >= 15 is 0 Å². The Bertz CT molecular complexity index is 1110. The molecule has 0 N–H and O–H groups in total. The first-order chi connectivity index (χ1) is 13.3. The first kappa shape index (κ1) is 17.1. The Hall–Kier alpha value is -3.31. The molecule has 132 valence electrons. The number of aryl methyl sites for hydroxylation is 1. The average molecular weight is 350 g/mol. The average Bonchev–Trinajstić information content (AvgIpc) is 3.06. The van der Waals surface area contributed by atoms with E-state index in [0.717, 1.165) is 30.5 Å². The third-order valence-corrected chi connectivity index (χ3v) is 5.06. The monoisotopic (exact) mass is 350 g/mol. The lowest BCUT2D eigenvalue weighted by Crippen LogP contribution is -2.04. The number of fused-ring (bicyclic) bond motifs is 1. The fraction of sp³-hybridized carbons (Fsp3) is 0.160. The number of benzene rings is 3. The van der Waals surface area contributed by atoms with Gasteiger partial charge in [0.05, 0.1) is 11.6 Å². The quantitative estimate of drug-likeness (QED) is 0.422. The molecule has 0 aliphatic carbocycles. The van der Waals surface area contributed by atoms with Crippen molar-refractivity contribution in [2.45, 2.75) is 26.3 Å². The zero-order valence-electron chi connectivity index (χ0n) is 15.5. The van der Waals surface area contributed by atoms with Gasteiger partial charge in [0.25, 0.3) is 0 Å². The first-order valence-electron chi connectivity index (χ1n) is 9.45. The molecular formula is C25H22N2. The molecule has 2 heteroatoms. The second-order valence-corrected chi connectivity index (χ2v) is 6.88. The van der Waals surface area contributed by atoms with Crippen molar-refractivity contribution in [3.05, 3.63) is 95.7 Å². The van der Waals surface area contributed by atoms with E-state index in [2.05, 4.69) is 72.2 Å². The lowest BCUT2D eigenvalue weighted by atomic mass is 9.99. The maximum atomic E-state index is 9.33. The van der Waals surface area contributed by atoms with E-state index in [9.17, 15) is 5.26 Å². The molecule has 0 unspecified atom stereocenters. The summed E-state index contributed by atoms with van der Waals surface area (Å²) in [7, 11) is 0. The minimum absolute atomic E-state index is 0.715. The van der Waals surface area contributed by atoms with Crippen molar-refractivity contribution in [3.8, 4) is 17.2 Å². The topological polar surface area (TPSA) is 28.7 Å². The minimum Gasteiger partial charge on any atom is -0.340 e. The zero-order valence-corrected chi connectivity index (χ0v) is 15.5. The third-order valence-electron chi connectivity index (χ3n) is 5.06. The number of hydrogen-bond acceptors (Lipinski definition) is 1. The predicted octanol–water partition coefficient (Wildman–Crippen LogP) is 6.18. The molecular weight excluding hydrogens is 328 g/mol. The van der Waals surface area contributed by atoms with E-state index in [1.54, 1.807) is 0 Å². The highest BCUT2D eigenvalue weighted by Crippen LogP contribution is 2.26. The van der Waals surface area contributed by atoms with E-state index < -0.39 is 0 Å². The molecule has 0 bridgehead atoms. The van der Waals surface area contributed by atoms with Crippen LogP contribution in [0.5, 0.6) is 0 Å². The second kappa shape index (κ2) is 7.51. The summed E-state index contributed by atoms with van der Waals surface area (Å²) in [5.74, 6) is 0. The summed E-state index contributed by atoms with van der Waals surface area (Å²) in [6.45, 7) is 3.09. The Kier molecular flexibility index (Phi) is 4.77. The van der Waals surface area contributed by atoms with E-state index in [0.29, 0.717) is 5.56 Å². The summed E-state index contributed by atoms with van der Waals surface area (Å²) in [4.78, 5) is 0. The van der Waals surface area contributed by atoms with Crippen molar-refractivity contribution in [2.24, 2.45) is 0 Å². The van der Waals surface area contributed by atoms with Crippen LogP contribution in [0.15, 0.2) is 78.9 Å². The molecule has 0 saturated carbocycles. The largest absolute Gasteiger partial charge is 0.340 e. The summed E-state index contributed by atoms with van der Waals surface area (Å²) in [6, 6.07) is 29.5. The van der Waals surface area contributed by atoms with E-state index in [-0.39, 0.29) is 0 Å². The molecule has 2 nitrogen and oxygen atoms in total. The normalized spacial score (nSPS) is 10.8. The molecule has 4 aromatic rings. The molecule has 0 atom stereocenters. The van der Waals surface area contributed by atoms with Crippen LogP contribution in [0.3, 0.4) is 0 Å². The standard InChI is InChI=1S/C25H22N2/c1-2-7-23-16-21-8-4-6-11-25(21)27(23)18-19-12-14-20(15-13-19)24-10-5-3-9-22(24)17-26/h3-6,8-16H,2,7,18H2,1H3. The molecule has 1 aromatic heterocycles. The predicted molar refractivity (Wildman–Crippen MR) is 112 cm³/mol. The van der Waals surface area contributed by atoms with Gasteiger partial charge in [0, 0.05) is 17.8 Å². The number of hydrogen-bond donors (Lipinski definition) is 0. The van der Waals surface area contributed by atoms with Crippen molar-refractivity contribution in [1.82, 2.24) is 4.57 Å². The molecule has 27 heavy (non-hydrogen) atoms. The summed E-state index contributed by atoms with van der Waals surface area (Å²) >= 11 is 0. The molecule has 4 rings (SSSR count). The van der Waals surface area contributed by atoms with E-state index in [1.807, 2.05) is 24.3 Å². The molecule has 0 fully saturated rings. The molecule has 0 aliphatic rings. The van der Waals surface area contributed by atoms with Crippen LogP contribution < -0.4 is 0 Å². The SMILES string of the molecule is CCCc1cc2ccccc2n1Cc1ccc(-c2ccccc2C#N)cc1. The Morgan fingerprint density at radius 1 is 0.889 bits per heavy atom. The first-order valence-corrected chi connectivity index (χ1v) is 9.45. The molecule has 3 aromatic carbocycles. The summed E-state index contributed by atoms with van der Waals surface area (Å²) in [6.07, 6.45) is 2.22. The van der Waals surface area contributed by atoms with Gasteiger partial charge in [-0.3, -0.25) is 0 Å². The van der Waals surface area contributed by atoms with Crippen LogP contribution in [0.1, 0.15) is 30.2 Å². The molecule has 1 heterocycles. The lowest BCUT2D eigenvalue weighted by molar-refractivity contribution is 0.746. The van der Waals surface area contributed by atoms with Gasteiger partial charge in [-0.15, -0.1) is 0 Å². The van der Waals surface area contributed by atoms with Gasteiger partial charge < -0.3 is 4.57 Å². The van der Waals surface area contributed by atoms with Gasteiger partial charge in [-0.25, -0.2) is 0 Å². The Balaban J connectivity index is 1.67. The molecule has 0 spiro atoms. The second-order valence-electron chi connectivity index (χ2n) is 6.88. The minimum atomic E-state index is 0.715. The smallest absolute Gasteiger partial charge is 0.0998 e. The number of aromatic nitrogens is 1. The fourth-order valence-corrected chi connectivity index (χ4v) is 3.72. The Labute approximate surface area is 160 Å². The van der Waals surface area contributed by atoms with Crippen molar-refractivity contribution < 1.29 is 0 Å². The molecule has 0 aliphatic heterocycles. The van der Waals surface area contributed by atoms with Gasteiger partial charge in [0.2, 0.25) is 0 Å².